The summed E-state index contributed by atoms with van der Waals surface area (Å²) < 4.78 is 17.2. The number of carbonyl (C=O) groups is 1. The van der Waals surface area contributed by atoms with Gasteiger partial charge in [0, 0.05) is 23.1 Å². The molecule has 0 radical (unpaired) electrons. The highest BCUT2D eigenvalue weighted by atomic mass is 16.5. The van der Waals surface area contributed by atoms with Gasteiger partial charge in [-0.3, -0.25) is 0 Å². The summed E-state index contributed by atoms with van der Waals surface area (Å²) in [5, 5.41) is 9.29. The van der Waals surface area contributed by atoms with Crippen molar-refractivity contribution in [3.63, 3.8) is 0 Å². The van der Waals surface area contributed by atoms with Crippen molar-refractivity contribution in [2.75, 3.05) is 13.7 Å². The molecule has 1 aromatic heterocycles. The van der Waals surface area contributed by atoms with Crippen LogP contribution in [0, 0.1) is 6.92 Å². The lowest BCUT2D eigenvalue weighted by molar-refractivity contribution is -0.132. The number of aliphatic carboxylic acids is 1. The number of oxazole rings is 1. The Bertz CT molecular complexity index is 1040. The first-order valence-electron chi connectivity index (χ1n) is 9.78. The van der Waals surface area contributed by atoms with Crippen molar-refractivity contribution in [2.24, 2.45) is 0 Å². The van der Waals surface area contributed by atoms with E-state index in [9.17, 15) is 9.90 Å². The topological polar surface area (TPSA) is 81.8 Å². The van der Waals surface area contributed by atoms with Crippen LogP contribution in [0.2, 0.25) is 0 Å². The third kappa shape index (κ3) is 4.89. The average molecular weight is 407 g/mol. The zero-order valence-corrected chi connectivity index (χ0v) is 17.3. The summed E-state index contributed by atoms with van der Waals surface area (Å²) in [6.07, 6.45) is 2.60. The molecule has 0 saturated carbocycles. The van der Waals surface area contributed by atoms with Gasteiger partial charge in [-0.05, 0) is 37.6 Å². The maximum atomic E-state index is 11.3. The van der Waals surface area contributed by atoms with Crippen molar-refractivity contribution in [1.29, 1.82) is 0 Å². The second-order valence-corrected chi connectivity index (χ2v) is 6.69. The number of benzene rings is 2. The van der Waals surface area contributed by atoms with Crippen molar-refractivity contribution in [2.45, 2.75) is 26.7 Å². The van der Waals surface area contributed by atoms with Crippen LogP contribution in [0.1, 0.15) is 30.4 Å². The quantitative estimate of drug-likeness (QED) is 0.494. The fourth-order valence-corrected chi connectivity index (χ4v) is 3.10. The molecule has 0 amide bonds. The number of aromatic nitrogens is 1. The van der Waals surface area contributed by atoms with Gasteiger partial charge in [0.25, 0.3) is 0 Å². The molecule has 156 valence electrons. The van der Waals surface area contributed by atoms with Gasteiger partial charge in [-0.15, -0.1) is 0 Å². The third-order valence-corrected chi connectivity index (χ3v) is 4.71. The Morgan fingerprint density at radius 1 is 1.17 bits per heavy atom. The Morgan fingerprint density at radius 3 is 2.60 bits per heavy atom. The molecule has 1 N–H and O–H groups in total. The molecule has 0 unspecified atom stereocenters. The highest BCUT2D eigenvalue weighted by Gasteiger charge is 2.14. The number of nitrogens with zero attached hydrogens (tertiary/aromatic N) is 1. The van der Waals surface area contributed by atoms with E-state index in [1.165, 1.54) is 0 Å². The molecule has 0 spiro atoms. The minimum atomic E-state index is -0.943. The minimum Gasteiger partial charge on any atom is -0.492 e. The molecule has 0 aliphatic carbocycles. The number of hydrogen-bond donors (Lipinski definition) is 1. The van der Waals surface area contributed by atoms with Crippen molar-refractivity contribution in [3.05, 3.63) is 71.1 Å². The lowest BCUT2D eigenvalue weighted by Crippen LogP contribution is -2.05. The SMILES string of the molecule is CC/C(=C\c1cccc(OCCc2nc(-c3ccccc3)oc2C)c1OC)C(=O)O. The Balaban J connectivity index is 1.73. The molecule has 1 heterocycles. The van der Waals surface area contributed by atoms with Crippen LogP contribution < -0.4 is 9.47 Å². The number of carboxylic acids is 1. The predicted molar refractivity (Wildman–Crippen MR) is 115 cm³/mol. The fourth-order valence-electron chi connectivity index (χ4n) is 3.10. The lowest BCUT2D eigenvalue weighted by atomic mass is 10.1. The van der Waals surface area contributed by atoms with Gasteiger partial charge in [-0.1, -0.05) is 37.3 Å². The standard InChI is InChI=1S/C24H25NO5/c1-4-17(24(26)27)15-19-11-8-12-21(22(19)28-3)29-14-13-20-16(2)30-23(25-20)18-9-6-5-7-10-18/h5-12,15H,4,13-14H2,1-3H3,(H,26,27)/b17-15+. The first kappa shape index (κ1) is 21.2. The van der Waals surface area contributed by atoms with E-state index in [0.29, 0.717) is 48.0 Å². The summed E-state index contributed by atoms with van der Waals surface area (Å²) >= 11 is 0. The predicted octanol–water partition coefficient (Wildman–Crippen LogP) is 5.16. The Labute approximate surface area is 175 Å². The molecular formula is C24H25NO5. The maximum Gasteiger partial charge on any atom is 0.331 e. The van der Waals surface area contributed by atoms with Gasteiger partial charge < -0.3 is 19.0 Å². The molecule has 3 rings (SSSR count). The fraction of sp³-hybridized carbons (Fsp3) is 0.250. The minimum absolute atomic E-state index is 0.303. The average Bonchev–Trinajstić information content (AvgIpc) is 3.13. The number of ether oxygens (including phenoxy) is 2. The first-order chi connectivity index (χ1) is 14.5. The van der Waals surface area contributed by atoms with E-state index in [4.69, 9.17) is 13.9 Å². The van der Waals surface area contributed by atoms with Gasteiger partial charge >= 0.3 is 5.97 Å². The smallest absolute Gasteiger partial charge is 0.331 e. The number of methoxy groups -OCH3 is 1. The van der Waals surface area contributed by atoms with E-state index in [-0.39, 0.29) is 0 Å². The van der Waals surface area contributed by atoms with Crippen LogP contribution in [0.15, 0.2) is 58.5 Å². The van der Waals surface area contributed by atoms with Crippen LogP contribution >= 0.6 is 0 Å². The Morgan fingerprint density at radius 2 is 1.93 bits per heavy atom. The summed E-state index contributed by atoms with van der Waals surface area (Å²) in [6.45, 7) is 4.07. The Hall–Kier alpha value is -3.54. The van der Waals surface area contributed by atoms with Crippen molar-refractivity contribution < 1.29 is 23.8 Å². The van der Waals surface area contributed by atoms with E-state index >= 15 is 0 Å². The van der Waals surface area contributed by atoms with Gasteiger partial charge in [-0.25, -0.2) is 9.78 Å². The van der Waals surface area contributed by atoms with Crippen LogP contribution in [0.3, 0.4) is 0 Å². The van der Waals surface area contributed by atoms with E-state index in [1.54, 1.807) is 32.2 Å². The van der Waals surface area contributed by atoms with Gasteiger partial charge in [0.2, 0.25) is 5.89 Å². The van der Waals surface area contributed by atoms with Gasteiger partial charge in [0.05, 0.1) is 19.4 Å². The molecule has 6 nitrogen and oxygen atoms in total. The van der Waals surface area contributed by atoms with E-state index in [1.807, 2.05) is 43.3 Å². The van der Waals surface area contributed by atoms with Crippen LogP contribution in [0.25, 0.3) is 17.5 Å². The van der Waals surface area contributed by atoms with E-state index in [0.717, 1.165) is 17.0 Å². The van der Waals surface area contributed by atoms with Crippen LogP contribution in [0.4, 0.5) is 0 Å². The second kappa shape index (κ2) is 9.78. The van der Waals surface area contributed by atoms with Crippen molar-refractivity contribution in [3.8, 4) is 23.0 Å². The summed E-state index contributed by atoms with van der Waals surface area (Å²) in [5.74, 6) is 1.47. The molecule has 2 aromatic carbocycles. The summed E-state index contributed by atoms with van der Waals surface area (Å²) in [4.78, 5) is 15.9. The lowest BCUT2D eigenvalue weighted by Gasteiger charge is -2.13. The van der Waals surface area contributed by atoms with Crippen molar-refractivity contribution >= 4 is 12.0 Å². The largest absolute Gasteiger partial charge is 0.492 e. The highest BCUT2D eigenvalue weighted by molar-refractivity contribution is 5.92. The summed E-state index contributed by atoms with van der Waals surface area (Å²) in [5.41, 5.74) is 2.73. The van der Waals surface area contributed by atoms with Crippen LogP contribution in [-0.2, 0) is 11.2 Å². The molecule has 3 aromatic rings. The first-order valence-corrected chi connectivity index (χ1v) is 9.78. The zero-order chi connectivity index (χ0) is 21.5. The third-order valence-electron chi connectivity index (χ3n) is 4.71. The number of aryl methyl sites for hydroxylation is 1. The molecule has 0 bridgehead atoms. The molecule has 0 aliphatic heterocycles. The van der Waals surface area contributed by atoms with Gasteiger partial charge in [0.1, 0.15) is 5.76 Å². The molecule has 30 heavy (non-hydrogen) atoms. The molecular weight excluding hydrogens is 382 g/mol. The second-order valence-electron chi connectivity index (χ2n) is 6.69. The number of carboxylic acid groups (broad SMARTS) is 1. The number of para-hydroxylation sites is 1. The number of hydrogen-bond acceptors (Lipinski definition) is 5. The normalized spacial score (nSPS) is 11.4. The molecule has 0 aliphatic rings. The monoisotopic (exact) mass is 407 g/mol. The van der Waals surface area contributed by atoms with E-state index < -0.39 is 5.97 Å². The maximum absolute atomic E-state index is 11.3. The van der Waals surface area contributed by atoms with Crippen LogP contribution in [-0.4, -0.2) is 29.8 Å². The molecule has 0 fully saturated rings. The zero-order valence-electron chi connectivity index (χ0n) is 17.3. The highest BCUT2D eigenvalue weighted by Crippen LogP contribution is 2.33. The molecule has 0 atom stereocenters. The van der Waals surface area contributed by atoms with Crippen molar-refractivity contribution in [1.82, 2.24) is 4.98 Å². The van der Waals surface area contributed by atoms with Crippen LogP contribution in [0.5, 0.6) is 11.5 Å². The van der Waals surface area contributed by atoms with Gasteiger partial charge in [0.15, 0.2) is 11.5 Å². The number of rotatable bonds is 9. The van der Waals surface area contributed by atoms with Gasteiger partial charge in [-0.2, -0.15) is 0 Å². The molecule has 0 saturated heterocycles. The summed E-state index contributed by atoms with van der Waals surface area (Å²) in [7, 11) is 1.54. The Kier molecular flexibility index (Phi) is 6.91. The summed E-state index contributed by atoms with van der Waals surface area (Å²) in [6, 6.07) is 15.2. The van der Waals surface area contributed by atoms with E-state index in [2.05, 4.69) is 4.98 Å². The molecule has 6 heteroatoms.